The van der Waals surface area contributed by atoms with Crippen LogP contribution in [0, 0.1) is 20.8 Å². The van der Waals surface area contributed by atoms with Crippen LogP contribution >= 0.6 is 11.3 Å². The van der Waals surface area contributed by atoms with E-state index in [-0.39, 0.29) is 6.04 Å². The summed E-state index contributed by atoms with van der Waals surface area (Å²) in [6.07, 6.45) is 0.889. The Morgan fingerprint density at radius 1 is 1.17 bits per heavy atom. The van der Waals surface area contributed by atoms with Crippen molar-refractivity contribution >= 4 is 11.3 Å². The SMILES string of the molecule is CCC(N)c1nnc(-c2c(C)cc(C)cc2C)s1. The summed E-state index contributed by atoms with van der Waals surface area (Å²) in [4.78, 5) is 0. The van der Waals surface area contributed by atoms with E-state index in [1.807, 2.05) is 0 Å². The van der Waals surface area contributed by atoms with Gasteiger partial charge in [-0.15, -0.1) is 10.2 Å². The largest absolute Gasteiger partial charge is 0.322 e. The highest BCUT2D eigenvalue weighted by Crippen LogP contribution is 2.32. The Morgan fingerprint density at radius 2 is 1.78 bits per heavy atom. The Labute approximate surface area is 112 Å². The van der Waals surface area contributed by atoms with Crippen LogP contribution in [0.3, 0.4) is 0 Å². The topological polar surface area (TPSA) is 51.8 Å². The van der Waals surface area contributed by atoms with Gasteiger partial charge >= 0.3 is 0 Å². The van der Waals surface area contributed by atoms with E-state index < -0.39 is 0 Å². The van der Waals surface area contributed by atoms with Gasteiger partial charge in [-0.25, -0.2) is 0 Å². The molecule has 0 aliphatic heterocycles. The minimum Gasteiger partial charge on any atom is -0.322 e. The third kappa shape index (κ3) is 2.44. The van der Waals surface area contributed by atoms with E-state index in [0.29, 0.717) is 0 Å². The zero-order valence-electron chi connectivity index (χ0n) is 11.3. The molecule has 0 fully saturated rings. The van der Waals surface area contributed by atoms with Crippen molar-refractivity contribution < 1.29 is 0 Å². The molecule has 3 nitrogen and oxygen atoms in total. The molecule has 0 amide bonds. The highest BCUT2D eigenvalue weighted by molar-refractivity contribution is 7.14. The molecule has 2 aromatic rings. The number of hydrogen-bond donors (Lipinski definition) is 1. The van der Waals surface area contributed by atoms with Crippen molar-refractivity contribution in [3.8, 4) is 10.6 Å². The summed E-state index contributed by atoms with van der Waals surface area (Å²) in [5.41, 5.74) is 11.0. The fourth-order valence-corrected chi connectivity index (χ4v) is 3.28. The minimum absolute atomic E-state index is 0.00214. The molecule has 0 bridgehead atoms. The van der Waals surface area contributed by atoms with Gasteiger partial charge in [0.15, 0.2) is 0 Å². The van der Waals surface area contributed by atoms with E-state index in [0.717, 1.165) is 16.4 Å². The number of hydrogen-bond acceptors (Lipinski definition) is 4. The van der Waals surface area contributed by atoms with Crippen LogP contribution in [-0.4, -0.2) is 10.2 Å². The zero-order valence-corrected chi connectivity index (χ0v) is 12.1. The average molecular weight is 261 g/mol. The molecule has 0 radical (unpaired) electrons. The van der Waals surface area contributed by atoms with Gasteiger partial charge in [-0.1, -0.05) is 36.0 Å². The second kappa shape index (κ2) is 5.16. The molecule has 1 aromatic carbocycles. The standard InChI is InChI=1S/C14H19N3S/c1-5-11(15)13-16-17-14(18-13)12-9(3)6-8(2)7-10(12)4/h6-7,11H,5,15H2,1-4H3. The lowest BCUT2D eigenvalue weighted by Crippen LogP contribution is -2.07. The maximum atomic E-state index is 5.99. The molecule has 0 spiro atoms. The van der Waals surface area contributed by atoms with Crippen LogP contribution in [0.4, 0.5) is 0 Å². The molecule has 0 saturated carbocycles. The first kappa shape index (κ1) is 13.2. The number of benzene rings is 1. The van der Waals surface area contributed by atoms with Gasteiger partial charge in [0, 0.05) is 5.56 Å². The van der Waals surface area contributed by atoms with Crippen molar-refractivity contribution in [2.75, 3.05) is 0 Å². The van der Waals surface area contributed by atoms with E-state index in [9.17, 15) is 0 Å². The fraction of sp³-hybridized carbons (Fsp3) is 0.429. The highest BCUT2D eigenvalue weighted by atomic mass is 32.1. The Kier molecular flexibility index (Phi) is 3.78. The maximum absolute atomic E-state index is 5.99. The number of nitrogens with zero attached hydrogens (tertiary/aromatic N) is 2. The smallest absolute Gasteiger partial charge is 0.148 e. The van der Waals surface area contributed by atoms with Crippen LogP contribution in [0.15, 0.2) is 12.1 Å². The maximum Gasteiger partial charge on any atom is 0.148 e. The molecule has 1 heterocycles. The summed E-state index contributed by atoms with van der Waals surface area (Å²) in [5, 5.41) is 10.4. The summed E-state index contributed by atoms with van der Waals surface area (Å²) < 4.78 is 0. The lowest BCUT2D eigenvalue weighted by molar-refractivity contribution is 0.683. The summed E-state index contributed by atoms with van der Waals surface area (Å²) in [7, 11) is 0. The lowest BCUT2D eigenvalue weighted by atomic mass is 10.0. The number of nitrogens with two attached hydrogens (primary N) is 1. The monoisotopic (exact) mass is 261 g/mol. The molecular formula is C14H19N3S. The van der Waals surface area contributed by atoms with Crippen LogP contribution in [0.1, 0.15) is 41.1 Å². The molecule has 1 atom stereocenters. The van der Waals surface area contributed by atoms with Gasteiger partial charge in [0.25, 0.3) is 0 Å². The minimum atomic E-state index is 0.00214. The van der Waals surface area contributed by atoms with Gasteiger partial charge in [-0.2, -0.15) is 0 Å². The first-order valence-corrected chi connectivity index (χ1v) is 7.01. The fourth-order valence-electron chi connectivity index (χ4n) is 2.18. The van der Waals surface area contributed by atoms with Crippen LogP contribution in [0.2, 0.25) is 0 Å². The van der Waals surface area contributed by atoms with Gasteiger partial charge < -0.3 is 5.73 Å². The molecule has 96 valence electrons. The van der Waals surface area contributed by atoms with E-state index >= 15 is 0 Å². The van der Waals surface area contributed by atoms with Crippen molar-refractivity contribution in [1.82, 2.24) is 10.2 Å². The zero-order chi connectivity index (χ0) is 13.3. The summed E-state index contributed by atoms with van der Waals surface area (Å²) in [6, 6.07) is 4.37. The number of aromatic nitrogens is 2. The third-order valence-electron chi connectivity index (χ3n) is 3.09. The van der Waals surface area contributed by atoms with Gasteiger partial charge in [0.05, 0.1) is 6.04 Å². The molecule has 2 N–H and O–H groups in total. The lowest BCUT2D eigenvalue weighted by Gasteiger charge is -2.07. The Bertz CT molecular complexity index is 537. The van der Waals surface area contributed by atoms with E-state index in [1.54, 1.807) is 11.3 Å². The van der Waals surface area contributed by atoms with Gasteiger partial charge in [0.2, 0.25) is 0 Å². The van der Waals surface area contributed by atoms with Crippen molar-refractivity contribution in [1.29, 1.82) is 0 Å². The third-order valence-corrected chi connectivity index (χ3v) is 4.16. The highest BCUT2D eigenvalue weighted by Gasteiger charge is 2.15. The van der Waals surface area contributed by atoms with Crippen LogP contribution in [-0.2, 0) is 0 Å². The quantitative estimate of drug-likeness (QED) is 0.919. The van der Waals surface area contributed by atoms with Crippen molar-refractivity contribution in [3.05, 3.63) is 33.8 Å². The molecule has 0 saturated heterocycles. The van der Waals surface area contributed by atoms with Gasteiger partial charge in [-0.3, -0.25) is 0 Å². The predicted octanol–water partition coefficient (Wildman–Crippen LogP) is 3.54. The predicted molar refractivity (Wildman–Crippen MR) is 76.8 cm³/mol. The molecule has 18 heavy (non-hydrogen) atoms. The van der Waals surface area contributed by atoms with Crippen LogP contribution in [0.5, 0.6) is 0 Å². The van der Waals surface area contributed by atoms with Crippen molar-refractivity contribution in [3.63, 3.8) is 0 Å². The average Bonchev–Trinajstić information content (AvgIpc) is 2.76. The molecule has 4 heteroatoms. The summed E-state index contributed by atoms with van der Waals surface area (Å²) in [6.45, 7) is 8.42. The molecule has 1 unspecified atom stereocenters. The molecular weight excluding hydrogens is 242 g/mol. The van der Waals surface area contributed by atoms with Gasteiger partial charge in [-0.05, 0) is 38.3 Å². The Hall–Kier alpha value is -1.26. The molecule has 0 aliphatic rings. The van der Waals surface area contributed by atoms with E-state index in [1.165, 1.54) is 22.3 Å². The van der Waals surface area contributed by atoms with Crippen LogP contribution in [0.25, 0.3) is 10.6 Å². The second-order valence-corrected chi connectivity index (χ2v) is 5.74. The van der Waals surface area contributed by atoms with Crippen molar-refractivity contribution in [2.45, 2.75) is 40.2 Å². The summed E-state index contributed by atoms with van der Waals surface area (Å²) in [5.74, 6) is 0. The first-order chi connectivity index (χ1) is 8.52. The Morgan fingerprint density at radius 3 is 2.33 bits per heavy atom. The van der Waals surface area contributed by atoms with Crippen molar-refractivity contribution in [2.24, 2.45) is 5.73 Å². The molecule has 2 rings (SSSR count). The van der Waals surface area contributed by atoms with E-state index in [2.05, 4.69) is 50.0 Å². The summed E-state index contributed by atoms with van der Waals surface area (Å²) >= 11 is 1.61. The number of rotatable bonds is 3. The number of aryl methyl sites for hydroxylation is 3. The molecule has 0 aliphatic carbocycles. The normalized spacial score (nSPS) is 12.7. The van der Waals surface area contributed by atoms with E-state index in [4.69, 9.17) is 5.73 Å². The van der Waals surface area contributed by atoms with Crippen LogP contribution < -0.4 is 5.73 Å². The molecule has 1 aromatic heterocycles. The first-order valence-electron chi connectivity index (χ1n) is 6.20. The second-order valence-electron chi connectivity index (χ2n) is 4.73. The van der Waals surface area contributed by atoms with Gasteiger partial charge in [0.1, 0.15) is 10.0 Å². The Balaban J connectivity index is 2.46.